The molecule has 0 aromatic heterocycles. The number of hydrogen-bond donors (Lipinski definition) is 2. The van der Waals surface area contributed by atoms with Crippen molar-refractivity contribution in [2.45, 2.75) is 32.4 Å². The predicted molar refractivity (Wildman–Crippen MR) is 80.0 cm³/mol. The van der Waals surface area contributed by atoms with Crippen LogP contribution in [0.25, 0.3) is 0 Å². The van der Waals surface area contributed by atoms with Crippen molar-refractivity contribution < 1.29 is 4.79 Å². The van der Waals surface area contributed by atoms with Crippen molar-refractivity contribution in [1.82, 2.24) is 10.2 Å². The Kier molecular flexibility index (Phi) is 4.47. The van der Waals surface area contributed by atoms with E-state index in [1.807, 2.05) is 17.9 Å². The lowest BCUT2D eigenvalue weighted by molar-refractivity contribution is 0.216. The van der Waals surface area contributed by atoms with Crippen molar-refractivity contribution in [2.75, 3.05) is 13.1 Å². The number of amides is 2. The second-order valence-electron chi connectivity index (χ2n) is 5.21. The van der Waals surface area contributed by atoms with Crippen LogP contribution >= 0.6 is 15.9 Å². The number of hydrogen-bond acceptors (Lipinski definition) is 2. The smallest absolute Gasteiger partial charge is 0.318 e. The number of halogens is 1. The summed E-state index contributed by atoms with van der Waals surface area (Å²) in [6.45, 7) is 5.46. The fraction of sp³-hybridized carbons (Fsp3) is 0.500. The Balaban J connectivity index is 2.07. The molecule has 0 radical (unpaired) electrons. The van der Waals surface area contributed by atoms with Gasteiger partial charge in [0.1, 0.15) is 0 Å². The molecule has 1 aromatic rings. The summed E-state index contributed by atoms with van der Waals surface area (Å²) in [7, 11) is 0. The zero-order chi connectivity index (χ0) is 14.0. The van der Waals surface area contributed by atoms with Crippen LogP contribution in [0.2, 0.25) is 0 Å². The lowest BCUT2D eigenvalue weighted by Crippen LogP contribution is -2.32. The van der Waals surface area contributed by atoms with E-state index in [1.54, 1.807) is 0 Å². The number of nitrogens with one attached hydrogen (secondary N) is 1. The minimum atomic E-state index is 0.00465. The van der Waals surface area contributed by atoms with E-state index in [4.69, 9.17) is 5.73 Å². The highest BCUT2D eigenvalue weighted by Gasteiger charge is 2.30. The third-order valence-corrected chi connectivity index (χ3v) is 3.95. The van der Waals surface area contributed by atoms with Gasteiger partial charge in [0.2, 0.25) is 0 Å². The molecule has 4 nitrogen and oxygen atoms in total. The molecule has 1 fully saturated rings. The van der Waals surface area contributed by atoms with E-state index in [2.05, 4.69) is 40.3 Å². The van der Waals surface area contributed by atoms with E-state index >= 15 is 0 Å². The monoisotopic (exact) mass is 325 g/mol. The molecule has 19 heavy (non-hydrogen) atoms. The summed E-state index contributed by atoms with van der Waals surface area (Å²) in [4.78, 5) is 13.8. The number of rotatable bonds is 4. The molecule has 0 bridgehead atoms. The van der Waals surface area contributed by atoms with Gasteiger partial charge in [0.25, 0.3) is 0 Å². The third-order valence-electron chi connectivity index (χ3n) is 3.46. The average Bonchev–Trinajstić information content (AvgIpc) is 2.71. The molecule has 1 heterocycles. The van der Waals surface area contributed by atoms with Crippen LogP contribution < -0.4 is 11.1 Å². The summed E-state index contributed by atoms with van der Waals surface area (Å²) in [5.74, 6) is 0. The summed E-state index contributed by atoms with van der Waals surface area (Å²) >= 11 is 3.48. The number of carbonyl (C=O) groups excluding carboxylic acids is 1. The molecule has 2 rings (SSSR count). The summed E-state index contributed by atoms with van der Waals surface area (Å²) < 4.78 is 1.04. The number of urea groups is 1. The largest absolute Gasteiger partial charge is 0.329 e. The SMILES string of the molecule is Cc1ccc(Br)cc1C1CN(CCC(C)N)C(=O)N1. The molecule has 2 amide bonds. The van der Waals surface area contributed by atoms with Gasteiger partial charge in [0.05, 0.1) is 6.04 Å². The summed E-state index contributed by atoms with van der Waals surface area (Å²) in [6.07, 6.45) is 0.831. The molecule has 1 aromatic carbocycles. The minimum Gasteiger partial charge on any atom is -0.329 e. The van der Waals surface area contributed by atoms with Crippen LogP contribution in [-0.4, -0.2) is 30.1 Å². The molecule has 1 aliphatic rings. The third kappa shape index (κ3) is 3.48. The standard InChI is InChI=1S/C14H20BrN3O/c1-9-3-4-11(15)7-12(9)13-8-18(14(19)17-13)6-5-10(2)16/h3-4,7,10,13H,5-6,8,16H2,1-2H3,(H,17,19). The van der Waals surface area contributed by atoms with Crippen LogP contribution in [0.1, 0.15) is 30.5 Å². The molecular formula is C14H20BrN3O. The number of nitrogens with zero attached hydrogens (tertiary/aromatic N) is 1. The zero-order valence-corrected chi connectivity index (χ0v) is 12.9. The van der Waals surface area contributed by atoms with Gasteiger partial charge in [0, 0.05) is 23.6 Å². The van der Waals surface area contributed by atoms with E-state index < -0.39 is 0 Å². The molecule has 1 aliphatic heterocycles. The molecular weight excluding hydrogens is 306 g/mol. The average molecular weight is 326 g/mol. The maximum Gasteiger partial charge on any atom is 0.318 e. The number of carbonyl (C=O) groups is 1. The molecule has 104 valence electrons. The number of benzene rings is 1. The Labute approximate surface area is 122 Å². The Bertz CT molecular complexity index is 476. The minimum absolute atomic E-state index is 0.00465. The fourth-order valence-electron chi connectivity index (χ4n) is 2.30. The van der Waals surface area contributed by atoms with Gasteiger partial charge >= 0.3 is 6.03 Å². The van der Waals surface area contributed by atoms with E-state index in [0.717, 1.165) is 10.9 Å². The highest BCUT2D eigenvalue weighted by molar-refractivity contribution is 9.10. The molecule has 0 spiro atoms. The lowest BCUT2D eigenvalue weighted by atomic mass is 10.0. The maximum absolute atomic E-state index is 11.9. The van der Waals surface area contributed by atoms with E-state index in [1.165, 1.54) is 11.1 Å². The van der Waals surface area contributed by atoms with Crippen molar-refractivity contribution in [3.63, 3.8) is 0 Å². The first-order chi connectivity index (χ1) is 8.97. The van der Waals surface area contributed by atoms with Gasteiger partial charge < -0.3 is 16.0 Å². The first-order valence-corrected chi connectivity index (χ1v) is 7.33. The number of nitrogens with two attached hydrogens (primary N) is 1. The second-order valence-corrected chi connectivity index (χ2v) is 6.13. The zero-order valence-electron chi connectivity index (χ0n) is 11.3. The van der Waals surface area contributed by atoms with Crippen LogP contribution in [0, 0.1) is 6.92 Å². The van der Waals surface area contributed by atoms with Crippen molar-refractivity contribution in [3.05, 3.63) is 33.8 Å². The summed E-state index contributed by atoms with van der Waals surface area (Å²) in [5.41, 5.74) is 8.11. The molecule has 1 saturated heterocycles. The first-order valence-electron chi connectivity index (χ1n) is 6.54. The van der Waals surface area contributed by atoms with Crippen LogP contribution in [-0.2, 0) is 0 Å². The van der Waals surface area contributed by atoms with Crippen LogP contribution in [0.15, 0.2) is 22.7 Å². The topological polar surface area (TPSA) is 58.4 Å². The molecule has 2 atom stereocenters. The van der Waals surface area contributed by atoms with Gasteiger partial charge in [-0.2, -0.15) is 0 Å². The van der Waals surface area contributed by atoms with Gasteiger partial charge in [-0.1, -0.05) is 22.0 Å². The molecule has 5 heteroatoms. The quantitative estimate of drug-likeness (QED) is 0.893. The maximum atomic E-state index is 11.9. The fourth-order valence-corrected chi connectivity index (χ4v) is 2.68. The summed E-state index contributed by atoms with van der Waals surface area (Å²) in [6, 6.07) is 6.36. The van der Waals surface area contributed by atoms with Gasteiger partial charge in [-0.25, -0.2) is 4.79 Å². The lowest BCUT2D eigenvalue weighted by Gasteiger charge is -2.16. The second kappa shape index (κ2) is 5.92. The normalized spacial score (nSPS) is 20.5. The van der Waals surface area contributed by atoms with Crippen molar-refractivity contribution >= 4 is 22.0 Å². The van der Waals surface area contributed by atoms with Gasteiger partial charge in [-0.15, -0.1) is 0 Å². The Morgan fingerprint density at radius 3 is 3.00 bits per heavy atom. The highest BCUT2D eigenvalue weighted by Crippen LogP contribution is 2.26. The van der Waals surface area contributed by atoms with Gasteiger partial charge in [-0.05, 0) is 43.5 Å². The summed E-state index contributed by atoms with van der Waals surface area (Å²) in [5, 5.41) is 3.04. The number of aryl methyl sites for hydroxylation is 1. The van der Waals surface area contributed by atoms with Crippen molar-refractivity contribution in [2.24, 2.45) is 5.73 Å². The highest BCUT2D eigenvalue weighted by atomic mass is 79.9. The van der Waals surface area contributed by atoms with Crippen molar-refractivity contribution in [3.8, 4) is 0 Å². The molecule has 2 unspecified atom stereocenters. The van der Waals surface area contributed by atoms with Crippen LogP contribution in [0.5, 0.6) is 0 Å². The van der Waals surface area contributed by atoms with Gasteiger partial charge in [-0.3, -0.25) is 0 Å². The Morgan fingerprint density at radius 1 is 1.58 bits per heavy atom. The first kappa shape index (κ1) is 14.3. The van der Waals surface area contributed by atoms with Crippen LogP contribution in [0.3, 0.4) is 0 Å². The van der Waals surface area contributed by atoms with E-state index in [9.17, 15) is 4.79 Å². The van der Waals surface area contributed by atoms with Crippen LogP contribution in [0.4, 0.5) is 4.79 Å². The molecule has 3 N–H and O–H groups in total. The van der Waals surface area contributed by atoms with E-state index in [0.29, 0.717) is 13.1 Å². The van der Waals surface area contributed by atoms with Gasteiger partial charge in [0.15, 0.2) is 0 Å². The predicted octanol–water partition coefficient (Wildman–Crippen LogP) is 2.56. The Hall–Kier alpha value is -1.07. The van der Waals surface area contributed by atoms with E-state index in [-0.39, 0.29) is 18.1 Å². The van der Waals surface area contributed by atoms with Crippen molar-refractivity contribution in [1.29, 1.82) is 0 Å². The molecule has 0 aliphatic carbocycles. The Morgan fingerprint density at radius 2 is 2.32 bits per heavy atom. The molecule has 0 saturated carbocycles.